The molecule has 0 aliphatic heterocycles. The predicted octanol–water partition coefficient (Wildman–Crippen LogP) is 1.29. The van der Waals surface area contributed by atoms with Gasteiger partial charge >= 0.3 is 0 Å². The molecule has 0 radical (unpaired) electrons. The topological polar surface area (TPSA) is 36.0 Å². The Bertz CT molecular complexity index is 244. The van der Waals surface area contributed by atoms with Gasteiger partial charge < -0.3 is 10.1 Å². The molecule has 0 aromatic carbocycles. The van der Waals surface area contributed by atoms with Crippen LogP contribution in [0, 0.1) is 12.3 Å². The third-order valence-corrected chi connectivity index (χ3v) is 1.35. The molecule has 52 valence electrons. The van der Waals surface area contributed by atoms with Crippen LogP contribution in [0.2, 0.25) is 0 Å². The van der Waals surface area contributed by atoms with Gasteiger partial charge in [-0.15, -0.1) is 12.3 Å². The summed E-state index contributed by atoms with van der Waals surface area (Å²) in [5.74, 6) is 2.81. The number of rotatable bonds is 2. The van der Waals surface area contributed by atoms with Crippen LogP contribution < -0.4 is 0 Å². The smallest absolute Gasteiger partial charge is 0.136 e. The van der Waals surface area contributed by atoms with E-state index in [-0.39, 0.29) is 0 Å². The van der Waals surface area contributed by atoms with Gasteiger partial charge in [0.1, 0.15) is 5.75 Å². The van der Waals surface area contributed by atoms with Gasteiger partial charge in [-0.05, 0) is 6.42 Å². The van der Waals surface area contributed by atoms with E-state index in [0.29, 0.717) is 12.2 Å². The molecular weight excluding hydrogens is 126 g/mol. The Morgan fingerprint density at radius 3 is 2.90 bits per heavy atom. The molecule has 1 aromatic heterocycles. The van der Waals surface area contributed by atoms with E-state index in [9.17, 15) is 0 Å². The van der Waals surface area contributed by atoms with Gasteiger partial charge in [-0.25, -0.2) is 0 Å². The van der Waals surface area contributed by atoms with Crippen molar-refractivity contribution in [1.82, 2.24) is 4.98 Å². The second-order valence-electron chi connectivity index (χ2n) is 2.07. The molecule has 1 aromatic rings. The third kappa shape index (κ3) is 1.32. The number of hydrogen-bond donors (Lipinski definition) is 2. The number of aromatic hydroxyl groups is 1. The second-order valence-corrected chi connectivity index (χ2v) is 2.07. The first kappa shape index (κ1) is 6.76. The molecule has 1 heterocycles. The van der Waals surface area contributed by atoms with Crippen molar-refractivity contribution in [2.24, 2.45) is 0 Å². The molecule has 2 nitrogen and oxygen atoms in total. The summed E-state index contributed by atoms with van der Waals surface area (Å²) in [6, 6.07) is 0. The van der Waals surface area contributed by atoms with E-state index in [0.717, 1.165) is 12.0 Å². The number of aromatic nitrogens is 1. The molecule has 0 spiro atoms. The molecule has 0 fully saturated rings. The molecule has 0 saturated carbocycles. The zero-order valence-corrected chi connectivity index (χ0v) is 5.59. The van der Waals surface area contributed by atoms with Gasteiger partial charge in [-0.3, -0.25) is 0 Å². The number of terminal acetylenes is 1. The number of hydrogen-bond acceptors (Lipinski definition) is 1. The molecule has 10 heavy (non-hydrogen) atoms. The normalized spacial score (nSPS) is 9.10. The van der Waals surface area contributed by atoms with E-state index in [4.69, 9.17) is 11.5 Å². The molecule has 0 atom stereocenters. The lowest BCUT2D eigenvalue weighted by Gasteiger charge is -1.91. The number of H-pyrrole nitrogens is 1. The summed E-state index contributed by atoms with van der Waals surface area (Å²) in [4.78, 5) is 2.79. The van der Waals surface area contributed by atoms with Crippen molar-refractivity contribution in [1.29, 1.82) is 0 Å². The summed E-state index contributed by atoms with van der Waals surface area (Å²) in [7, 11) is 0. The zero-order chi connectivity index (χ0) is 7.40. The first-order chi connectivity index (χ1) is 4.84. The van der Waals surface area contributed by atoms with Gasteiger partial charge in [0.2, 0.25) is 0 Å². The minimum atomic E-state index is 0.301. The lowest BCUT2D eigenvalue weighted by molar-refractivity contribution is 0.470. The van der Waals surface area contributed by atoms with Crippen LogP contribution >= 0.6 is 0 Å². The van der Waals surface area contributed by atoms with Crippen LogP contribution in [0.4, 0.5) is 0 Å². The maximum atomic E-state index is 9.08. The highest BCUT2D eigenvalue weighted by Gasteiger charge is 1.98. The fraction of sp³-hybridized carbons (Fsp3) is 0.250. The maximum Gasteiger partial charge on any atom is 0.136 e. The van der Waals surface area contributed by atoms with Crippen molar-refractivity contribution in [2.75, 3.05) is 0 Å². The highest BCUT2D eigenvalue weighted by atomic mass is 16.3. The number of nitrogens with one attached hydrogen (secondary N) is 1. The van der Waals surface area contributed by atoms with Crippen molar-refractivity contribution in [3.63, 3.8) is 0 Å². The van der Waals surface area contributed by atoms with Crippen molar-refractivity contribution in [2.45, 2.75) is 12.8 Å². The van der Waals surface area contributed by atoms with Crippen LogP contribution in [0.3, 0.4) is 0 Å². The summed E-state index contributed by atoms with van der Waals surface area (Å²) < 4.78 is 0. The molecule has 2 N–H and O–H groups in total. The molecule has 2 heteroatoms. The Balaban J connectivity index is 2.59. The van der Waals surface area contributed by atoms with Crippen LogP contribution in [0.15, 0.2) is 12.4 Å². The molecule has 0 amide bonds. The molecule has 0 bridgehead atoms. The SMILES string of the molecule is C#CCCc1c[nH]cc1O. The van der Waals surface area contributed by atoms with Crippen molar-refractivity contribution >= 4 is 0 Å². The van der Waals surface area contributed by atoms with Crippen molar-refractivity contribution < 1.29 is 5.11 Å². The van der Waals surface area contributed by atoms with Crippen molar-refractivity contribution in [3.8, 4) is 18.1 Å². The molecule has 1 rings (SSSR count). The fourth-order valence-electron chi connectivity index (χ4n) is 0.795. The predicted molar refractivity (Wildman–Crippen MR) is 39.6 cm³/mol. The molecule has 0 aliphatic rings. The van der Waals surface area contributed by atoms with Gasteiger partial charge in [0.05, 0.1) is 0 Å². The fourth-order valence-corrected chi connectivity index (χ4v) is 0.795. The van der Waals surface area contributed by atoms with E-state index in [1.807, 2.05) is 0 Å². The van der Waals surface area contributed by atoms with Crippen LogP contribution in [0.5, 0.6) is 5.75 Å². The van der Waals surface area contributed by atoms with E-state index >= 15 is 0 Å². The monoisotopic (exact) mass is 135 g/mol. The van der Waals surface area contributed by atoms with Gasteiger partial charge in [-0.1, -0.05) is 0 Å². The summed E-state index contributed by atoms with van der Waals surface area (Å²) in [5.41, 5.74) is 0.887. The Morgan fingerprint density at radius 2 is 2.40 bits per heavy atom. The van der Waals surface area contributed by atoms with Crippen LogP contribution in [-0.2, 0) is 6.42 Å². The van der Waals surface area contributed by atoms with Crippen LogP contribution in [0.1, 0.15) is 12.0 Å². The summed E-state index contributed by atoms with van der Waals surface area (Å²) in [6.45, 7) is 0. The van der Waals surface area contributed by atoms with Crippen molar-refractivity contribution in [3.05, 3.63) is 18.0 Å². The van der Waals surface area contributed by atoms with Crippen LogP contribution in [-0.4, -0.2) is 10.1 Å². The molecule has 0 saturated heterocycles. The van der Waals surface area contributed by atoms with Gasteiger partial charge in [0.25, 0.3) is 0 Å². The van der Waals surface area contributed by atoms with Gasteiger partial charge in [-0.2, -0.15) is 0 Å². The highest BCUT2D eigenvalue weighted by Crippen LogP contribution is 2.15. The van der Waals surface area contributed by atoms with Gasteiger partial charge in [0.15, 0.2) is 0 Å². The molecule has 0 unspecified atom stereocenters. The van der Waals surface area contributed by atoms with E-state index in [1.165, 1.54) is 0 Å². The Morgan fingerprint density at radius 1 is 1.60 bits per heavy atom. The maximum absolute atomic E-state index is 9.08. The van der Waals surface area contributed by atoms with E-state index in [1.54, 1.807) is 12.4 Å². The standard InChI is InChI=1S/C8H9NO/c1-2-3-4-7-5-9-6-8(7)10/h1,5-6,9-10H,3-4H2. The summed E-state index contributed by atoms with van der Waals surface area (Å²) in [5, 5.41) is 9.08. The molecular formula is C8H9NO. The second kappa shape index (κ2) is 2.98. The quantitative estimate of drug-likeness (QED) is 0.589. The lowest BCUT2D eigenvalue weighted by Crippen LogP contribution is -1.78. The molecule has 0 aliphatic carbocycles. The first-order valence-electron chi connectivity index (χ1n) is 3.12. The first-order valence-corrected chi connectivity index (χ1v) is 3.12. The average molecular weight is 135 g/mol. The Hall–Kier alpha value is -1.36. The lowest BCUT2D eigenvalue weighted by atomic mass is 10.2. The van der Waals surface area contributed by atoms with Gasteiger partial charge in [0, 0.05) is 24.4 Å². The minimum absolute atomic E-state index is 0.301. The third-order valence-electron chi connectivity index (χ3n) is 1.35. The Kier molecular flexibility index (Phi) is 2.01. The minimum Gasteiger partial charge on any atom is -0.506 e. The van der Waals surface area contributed by atoms with E-state index in [2.05, 4.69) is 10.9 Å². The average Bonchev–Trinajstić information content (AvgIpc) is 2.31. The zero-order valence-electron chi connectivity index (χ0n) is 5.59. The van der Waals surface area contributed by atoms with E-state index < -0.39 is 0 Å². The largest absolute Gasteiger partial charge is 0.506 e. The summed E-state index contributed by atoms with van der Waals surface area (Å²) >= 11 is 0. The number of aromatic amines is 1. The highest BCUT2D eigenvalue weighted by molar-refractivity contribution is 5.28. The Labute approximate surface area is 59.9 Å². The summed E-state index contributed by atoms with van der Waals surface area (Å²) in [6.07, 6.45) is 9.77. The van der Waals surface area contributed by atoms with Crippen LogP contribution in [0.25, 0.3) is 0 Å². The number of aryl methyl sites for hydroxylation is 1.